The van der Waals surface area contributed by atoms with E-state index in [4.69, 9.17) is 0 Å². The lowest BCUT2D eigenvalue weighted by Gasteiger charge is -2.06. The fourth-order valence-corrected chi connectivity index (χ4v) is 2.86. The Hall–Kier alpha value is -3.19. The van der Waals surface area contributed by atoms with E-state index in [2.05, 4.69) is 36.7 Å². The molecule has 0 unspecified atom stereocenters. The molecule has 0 atom stereocenters. The molecule has 0 amide bonds. The van der Waals surface area contributed by atoms with Gasteiger partial charge in [-0.25, -0.2) is 0 Å². The van der Waals surface area contributed by atoms with Gasteiger partial charge in [0, 0.05) is 10.9 Å². The first-order valence-electron chi connectivity index (χ1n) is 8.64. The number of hydrazone groups is 1. The van der Waals surface area contributed by atoms with Crippen molar-refractivity contribution in [3.05, 3.63) is 83.9 Å². The van der Waals surface area contributed by atoms with Gasteiger partial charge in [-0.05, 0) is 36.2 Å². The van der Waals surface area contributed by atoms with Crippen molar-refractivity contribution in [3.8, 4) is 11.5 Å². The molecule has 0 aliphatic rings. The molecule has 0 aliphatic heterocycles. The zero-order valence-electron chi connectivity index (χ0n) is 15.0. The summed E-state index contributed by atoms with van der Waals surface area (Å²) < 4.78 is 0. The Balaban J connectivity index is 1.92. The lowest BCUT2D eigenvalue weighted by atomic mass is 10.1. The number of nitrogens with one attached hydrogen (secondary N) is 1. The number of amidine groups is 1. The Morgan fingerprint density at radius 1 is 0.857 bits per heavy atom. The number of azo groups is 1. The molecule has 0 saturated carbocycles. The molecule has 142 valence electrons. The molecule has 0 fully saturated rings. The summed E-state index contributed by atoms with van der Waals surface area (Å²) >= 11 is 3.43. The highest BCUT2D eigenvalue weighted by Crippen LogP contribution is 2.26. The lowest BCUT2D eigenvalue weighted by Crippen LogP contribution is -2.02. The second kappa shape index (κ2) is 9.66. The maximum atomic E-state index is 9.91. The third-order valence-corrected chi connectivity index (χ3v) is 4.31. The first-order chi connectivity index (χ1) is 13.7. The van der Waals surface area contributed by atoms with Crippen LogP contribution in [-0.4, -0.2) is 21.4 Å². The normalized spacial score (nSPS) is 11.7. The fourth-order valence-electron chi connectivity index (χ4n) is 2.41. The number of para-hydroxylation sites is 3. The minimum atomic E-state index is 0.0342. The summed E-state index contributed by atoms with van der Waals surface area (Å²) in [5.41, 5.74) is 5.55. The number of phenolic OH excluding ortho intramolecular Hbond substituents is 2. The number of phenols is 2. The van der Waals surface area contributed by atoms with E-state index in [0.29, 0.717) is 17.2 Å². The second-order valence-electron chi connectivity index (χ2n) is 5.89. The van der Waals surface area contributed by atoms with Crippen LogP contribution in [0.1, 0.15) is 11.1 Å². The standard InChI is InChI=1S/C21H19BrN4O2/c22-14-13-15-9-11-16(12-10-15)21(25-23-17-5-1-3-7-19(17)27)26-24-18-6-2-4-8-20(18)28/h1-12,23,27-28H,13-14H2. The summed E-state index contributed by atoms with van der Waals surface area (Å²) in [7, 11) is 0. The molecular weight excluding hydrogens is 420 g/mol. The largest absolute Gasteiger partial charge is 0.506 e. The summed E-state index contributed by atoms with van der Waals surface area (Å²) in [5, 5.41) is 33.3. The van der Waals surface area contributed by atoms with Gasteiger partial charge < -0.3 is 10.2 Å². The van der Waals surface area contributed by atoms with Crippen LogP contribution < -0.4 is 5.43 Å². The first kappa shape index (κ1) is 19.6. The molecule has 0 aliphatic carbocycles. The molecule has 28 heavy (non-hydrogen) atoms. The monoisotopic (exact) mass is 438 g/mol. The van der Waals surface area contributed by atoms with E-state index in [9.17, 15) is 10.2 Å². The number of anilines is 1. The van der Waals surface area contributed by atoms with Crippen molar-refractivity contribution in [1.29, 1.82) is 0 Å². The van der Waals surface area contributed by atoms with Gasteiger partial charge in [0.1, 0.15) is 17.2 Å². The third kappa shape index (κ3) is 5.17. The van der Waals surface area contributed by atoms with Crippen LogP contribution in [0.2, 0.25) is 0 Å². The van der Waals surface area contributed by atoms with Gasteiger partial charge >= 0.3 is 0 Å². The average molecular weight is 439 g/mol. The Labute approximate surface area is 171 Å². The van der Waals surface area contributed by atoms with E-state index < -0.39 is 0 Å². The van der Waals surface area contributed by atoms with Gasteiger partial charge in [-0.15, -0.1) is 10.2 Å². The zero-order valence-corrected chi connectivity index (χ0v) is 16.5. The highest BCUT2D eigenvalue weighted by Gasteiger charge is 2.06. The molecule has 3 N–H and O–H groups in total. The van der Waals surface area contributed by atoms with Crippen molar-refractivity contribution in [3.63, 3.8) is 0 Å². The van der Waals surface area contributed by atoms with Gasteiger partial charge in [-0.2, -0.15) is 5.10 Å². The van der Waals surface area contributed by atoms with Crippen LogP contribution in [0.4, 0.5) is 11.4 Å². The van der Waals surface area contributed by atoms with E-state index >= 15 is 0 Å². The van der Waals surface area contributed by atoms with E-state index in [1.165, 1.54) is 5.56 Å². The van der Waals surface area contributed by atoms with E-state index in [0.717, 1.165) is 17.3 Å². The molecule has 0 heterocycles. The summed E-state index contributed by atoms with van der Waals surface area (Å²) in [6, 6.07) is 21.3. The number of aromatic hydroxyl groups is 2. The predicted molar refractivity (Wildman–Crippen MR) is 115 cm³/mol. The van der Waals surface area contributed by atoms with Gasteiger partial charge in [0.05, 0.1) is 5.69 Å². The topological polar surface area (TPSA) is 89.6 Å². The van der Waals surface area contributed by atoms with Gasteiger partial charge in [-0.3, -0.25) is 5.43 Å². The molecule has 6 nitrogen and oxygen atoms in total. The van der Waals surface area contributed by atoms with Crippen molar-refractivity contribution >= 4 is 33.1 Å². The number of benzene rings is 3. The quantitative estimate of drug-likeness (QED) is 0.117. The summed E-state index contributed by atoms with van der Waals surface area (Å²) in [5.74, 6) is 0.430. The number of nitrogens with zero attached hydrogens (tertiary/aromatic N) is 3. The fraction of sp³-hybridized carbons (Fsp3) is 0.0952. The van der Waals surface area contributed by atoms with E-state index in [1.54, 1.807) is 48.5 Å². The van der Waals surface area contributed by atoms with Gasteiger partial charge in [0.15, 0.2) is 0 Å². The Bertz CT molecular complexity index is 988. The SMILES string of the molecule is Oc1ccccc1N=NC(=NNc1ccccc1O)c1ccc(CCBr)cc1. The number of hydrogen-bond acceptors (Lipinski definition) is 5. The number of hydrogen-bond donors (Lipinski definition) is 3. The van der Waals surface area contributed by atoms with E-state index in [-0.39, 0.29) is 11.5 Å². The molecule has 0 saturated heterocycles. The highest BCUT2D eigenvalue weighted by atomic mass is 79.9. The van der Waals surface area contributed by atoms with Crippen LogP contribution >= 0.6 is 15.9 Å². The minimum absolute atomic E-state index is 0.0342. The maximum absolute atomic E-state index is 9.91. The molecule has 3 rings (SSSR count). The zero-order chi connectivity index (χ0) is 19.8. The summed E-state index contributed by atoms with van der Waals surface area (Å²) in [4.78, 5) is 0. The predicted octanol–water partition coefficient (Wildman–Crippen LogP) is 5.59. The van der Waals surface area contributed by atoms with Crippen molar-refractivity contribution in [2.24, 2.45) is 15.3 Å². The van der Waals surface area contributed by atoms with Crippen molar-refractivity contribution in [1.82, 2.24) is 0 Å². The number of rotatable bonds is 6. The number of alkyl halides is 1. The highest BCUT2D eigenvalue weighted by molar-refractivity contribution is 9.09. The van der Waals surface area contributed by atoms with Crippen LogP contribution in [0.25, 0.3) is 0 Å². The van der Waals surface area contributed by atoms with Crippen LogP contribution in [0.15, 0.2) is 88.1 Å². The van der Waals surface area contributed by atoms with Crippen molar-refractivity contribution in [2.45, 2.75) is 6.42 Å². The van der Waals surface area contributed by atoms with Crippen molar-refractivity contribution < 1.29 is 10.2 Å². The van der Waals surface area contributed by atoms with Crippen molar-refractivity contribution in [2.75, 3.05) is 10.8 Å². The number of halogens is 1. The van der Waals surface area contributed by atoms with Crippen LogP contribution in [0.3, 0.4) is 0 Å². The van der Waals surface area contributed by atoms with Gasteiger partial charge in [0.25, 0.3) is 0 Å². The molecule has 0 bridgehead atoms. The van der Waals surface area contributed by atoms with Crippen LogP contribution in [0, 0.1) is 0 Å². The molecule has 0 aromatic heterocycles. The molecule has 7 heteroatoms. The maximum Gasteiger partial charge on any atom is 0.201 e. The third-order valence-electron chi connectivity index (χ3n) is 3.92. The van der Waals surface area contributed by atoms with Crippen LogP contribution in [0.5, 0.6) is 11.5 Å². The molecule has 3 aromatic rings. The summed E-state index contributed by atoms with van der Waals surface area (Å²) in [6.07, 6.45) is 0.919. The smallest absolute Gasteiger partial charge is 0.201 e. The average Bonchev–Trinajstić information content (AvgIpc) is 2.71. The Morgan fingerprint density at radius 3 is 2.21 bits per heavy atom. The lowest BCUT2D eigenvalue weighted by molar-refractivity contribution is 0.476. The molecule has 3 aromatic carbocycles. The minimum Gasteiger partial charge on any atom is -0.506 e. The van der Waals surface area contributed by atoms with Crippen LogP contribution in [-0.2, 0) is 6.42 Å². The Kier molecular flexibility index (Phi) is 6.75. The second-order valence-corrected chi connectivity index (χ2v) is 6.68. The molecular formula is C21H19BrN4O2. The first-order valence-corrected chi connectivity index (χ1v) is 9.76. The van der Waals surface area contributed by atoms with E-state index in [1.807, 2.05) is 24.3 Å². The van der Waals surface area contributed by atoms with Gasteiger partial charge in [0.2, 0.25) is 5.84 Å². The molecule has 0 radical (unpaired) electrons. The Morgan fingerprint density at radius 2 is 1.54 bits per heavy atom. The number of aryl methyl sites for hydroxylation is 1. The van der Waals surface area contributed by atoms with Gasteiger partial charge in [-0.1, -0.05) is 64.5 Å². The summed E-state index contributed by atoms with van der Waals surface area (Å²) in [6.45, 7) is 0. The molecule has 0 spiro atoms.